The van der Waals surface area contributed by atoms with Gasteiger partial charge in [-0.2, -0.15) is 0 Å². The first-order valence-corrected chi connectivity index (χ1v) is 13.9. The molecule has 4 aromatic rings. The summed E-state index contributed by atoms with van der Waals surface area (Å²) in [5, 5.41) is 24.8. The van der Waals surface area contributed by atoms with Gasteiger partial charge in [0, 0.05) is 18.3 Å². The third kappa shape index (κ3) is 7.88. The highest BCUT2D eigenvalue weighted by atomic mass is 16.5. The molecule has 10 nitrogen and oxygen atoms in total. The minimum Gasteiger partial charge on any atom is -0.507 e. The van der Waals surface area contributed by atoms with Crippen LogP contribution in [-0.4, -0.2) is 45.1 Å². The maximum absolute atomic E-state index is 12.5. The Kier molecular flexibility index (Phi) is 9.16. The molecule has 220 valence electrons. The van der Waals surface area contributed by atoms with Gasteiger partial charge in [0.25, 0.3) is 5.91 Å². The van der Waals surface area contributed by atoms with E-state index in [-0.39, 0.29) is 52.9 Å². The Hall–Kier alpha value is -5.38. The Morgan fingerprint density at radius 1 is 0.814 bits per heavy atom. The number of carbonyl (C=O) groups excluding carboxylic acids is 2. The number of aromatic nitrogens is 1. The van der Waals surface area contributed by atoms with Crippen LogP contribution in [0.4, 0.5) is 5.69 Å². The summed E-state index contributed by atoms with van der Waals surface area (Å²) in [6, 6.07) is 23.4. The van der Waals surface area contributed by atoms with Crippen molar-refractivity contribution in [2.75, 3.05) is 5.32 Å². The van der Waals surface area contributed by atoms with Crippen LogP contribution in [0, 0.1) is 0 Å². The Labute approximate surface area is 248 Å². The summed E-state index contributed by atoms with van der Waals surface area (Å²) >= 11 is 0. The fourth-order valence-electron chi connectivity index (χ4n) is 4.89. The van der Waals surface area contributed by atoms with E-state index in [1.165, 1.54) is 18.3 Å². The molecule has 10 heteroatoms. The van der Waals surface area contributed by atoms with E-state index >= 15 is 0 Å². The molecule has 1 aliphatic rings. The zero-order valence-corrected chi connectivity index (χ0v) is 23.2. The molecule has 3 aromatic carbocycles. The lowest BCUT2D eigenvalue weighted by atomic mass is 9.92. The molecular weight excluding hydrogens is 550 g/mol. The summed E-state index contributed by atoms with van der Waals surface area (Å²) in [6.07, 6.45) is 4.76. The Morgan fingerprint density at radius 2 is 1.49 bits per heavy atom. The summed E-state index contributed by atoms with van der Waals surface area (Å²) in [6.45, 7) is 0. The van der Waals surface area contributed by atoms with Crippen molar-refractivity contribution in [2.45, 2.75) is 44.2 Å². The van der Waals surface area contributed by atoms with E-state index in [4.69, 9.17) is 9.47 Å². The van der Waals surface area contributed by atoms with Gasteiger partial charge in [0.15, 0.2) is 0 Å². The van der Waals surface area contributed by atoms with Gasteiger partial charge >= 0.3 is 5.97 Å². The van der Waals surface area contributed by atoms with Crippen LogP contribution in [0.2, 0.25) is 0 Å². The van der Waals surface area contributed by atoms with Crippen molar-refractivity contribution in [3.63, 3.8) is 0 Å². The molecular formula is C33H31N3O7. The number of phenols is 1. The minimum absolute atomic E-state index is 0.0219. The maximum Gasteiger partial charge on any atom is 0.337 e. The molecule has 0 aliphatic heterocycles. The number of pyridine rings is 1. The van der Waals surface area contributed by atoms with E-state index < -0.39 is 5.97 Å². The molecule has 1 heterocycles. The van der Waals surface area contributed by atoms with E-state index in [0.29, 0.717) is 22.9 Å². The van der Waals surface area contributed by atoms with E-state index in [2.05, 4.69) is 15.6 Å². The van der Waals surface area contributed by atoms with Gasteiger partial charge in [-0.25, -0.2) is 9.78 Å². The fourth-order valence-corrected chi connectivity index (χ4v) is 4.89. The number of phenolic OH excluding ortho intramolecular Hbond substituents is 1. The molecule has 4 N–H and O–H groups in total. The number of hydrogen-bond donors (Lipinski definition) is 4. The first kappa shape index (κ1) is 29.1. The topological polar surface area (TPSA) is 147 Å². The van der Waals surface area contributed by atoms with E-state index in [9.17, 15) is 24.6 Å². The molecule has 0 spiro atoms. The number of para-hydroxylation sites is 2. The van der Waals surface area contributed by atoms with Crippen LogP contribution in [-0.2, 0) is 11.2 Å². The number of rotatable bonds is 10. The third-order valence-electron chi connectivity index (χ3n) is 7.10. The Bertz CT molecular complexity index is 1580. The molecule has 0 atom stereocenters. The van der Waals surface area contributed by atoms with Crippen LogP contribution >= 0.6 is 0 Å². The summed E-state index contributed by atoms with van der Waals surface area (Å²) in [5.41, 5.74) is 1.18. The summed E-state index contributed by atoms with van der Waals surface area (Å²) in [5.74, 6) is -0.121. The van der Waals surface area contributed by atoms with Crippen LogP contribution in [0.5, 0.6) is 23.1 Å². The summed E-state index contributed by atoms with van der Waals surface area (Å²) in [4.78, 5) is 40.5. The number of ether oxygens (including phenoxy) is 2. The van der Waals surface area contributed by atoms with Crippen molar-refractivity contribution in [1.29, 1.82) is 0 Å². The molecule has 1 aromatic heterocycles. The Morgan fingerprint density at radius 3 is 2.16 bits per heavy atom. The molecule has 5 rings (SSSR count). The number of anilines is 1. The molecule has 1 aliphatic carbocycles. The molecule has 0 bridgehead atoms. The summed E-state index contributed by atoms with van der Waals surface area (Å²) < 4.78 is 12.0. The van der Waals surface area contributed by atoms with Crippen molar-refractivity contribution in [2.24, 2.45) is 0 Å². The smallest absolute Gasteiger partial charge is 0.337 e. The van der Waals surface area contributed by atoms with Crippen LogP contribution in [0.15, 0.2) is 91.1 Å². The number of carboxylic acids is 1. The van der Waals surface area contributed by atoms with E-state index in [0.717, 1.165) is 25.7 Å². The molecule has 43 heavy (non-hydrogen) atoms. The molecule has 1 fully saturated rings. The lowest BCUT2D eigenvalue weighted by Crippen LogP contribution is -2.39. The molecule has 2 amide bonds. The number of aromatic hydroxyl groups is 1. The SMILES string of the molecule is O=C(Cc1ccc(Oc2ccc(OC3CCC(NC(=O)c4ccccc4O)CC3)cc2)nc1)Nc1ccccc1C(=O)O. The average molecular weight is 582 g/mol. The van der Waals surface area contributed by atoms with Crippen molar-refractivity contribution < 1.29 is 34.1 Å². The van der Waals surface area contributed by atoms with Crippen LogP contribution in [0.3, 0.4) is 0 Å². The largest absolute Gasteiger partial charge is 0.507 e. The Balaban J connectivity index is 1.06. The van der Waals surface area contributed by atoms with E-state index in [1.54, 1.807) is 60.7 Å². The highest BCUT2D eigenvalue weighted by Crippen LogP contribution is 2.27. The second kappa shape index (κ2) is 13.5. The average Bonchev–Trinajstić information content (AvgIpc) is 3.00. The number of hydrogen-bond acceptors (Lipinski definition) is 7. The maximum atomic E-state index is 12.5. The number of nitrogens with one attached hydrogen (secondary N) is 2. The van der Waals surface area contributed by atoms with Crippen LogP contribution < -0.4 is 20.1 Å². The zero-order chi connectivity index (χ0) is 30.2. The quantitative estimate of drug-likeness (QED) is 0.190. The van der Waals surface area contributed by atoms with Crippen LogP contribution in [0.25, 0.3) is 0 Å². The van der Waals surface area contributed by atoms with Gasteiger partial charge in [0.2, 0.25) is 11.8 Å². The van der Waals surface area contributed by atoms with Crippen molar-refractivity contribution >= 4 is 23.5 Å². The lowest BCUT2D eigenvalue weighted by molar-refractivity contribution is -0.115. The van der Waals surface area contributed by atoms with E-state index in [1.807, 2.05) is 12.1 Å². The second-order valence-corrected chi connectivity index (χ2v) is 10.2. The first-order valence-electron chi connectivity index (χ1n) is 13.9. The molecule has 0 unspecified atom stereocenters. The lowest BCUT2D eigenvalue weighted by Gasteiger charge is -2.29. The van der Waals surface area contributed by atoms with Gasteiger partial charge in [-0.1, -0.05) is 30.3 Å². The number of amides is 2. The highest BCUT2D eigenvalue weighted by Gasteiger charge is 2.24. The second-order valence-electron chi connectivity index (χ2n) is 10.2. The number of carbonyl (C=O) groups is 3. The number of carboxylic acid groups (broad SMARTS) is 1. The van der Waals surface area contributed by atoms with Crippen molar-refractivity contribution in [1.82, 2.24) is 10.3 Å². The molecule has 0 saturated heterocycles. The molecule has 0 radical (unpaired) electrons. The normalized spacial score (nSPS) is 16.1. The number of nitrogens with zero attached hydrogens (tertiary/aromatic N) is 1. The monoisotopic (exact) mass is 581 g/mol. The predicted molar refractivity (Wildman–Crippen MR) is 159 cm³/mol. The number of aromatic carboxylic acids is 1. The number of benzene rings is 3. The fraction of sp³-hybridized carbons (Fsp3) is 0.212. The van der Waals surface area contributed by atoms with Gasteiger partial charge in [-0.3, -0.25) is 9.59 Å². The molecule has 1 saturated carbocycles. The highest BCUT2D eigenvalue weighted by molar-refractivity contribution is 6.01. The zero-order valence-electron chi connectivity index (χ0n) is 23.2. The predicted octanol–water partition coefficient (Wildman–Crippen LogP) is 5.58. The third-order valence-corrected chi connectivity index (χ3v) is 7.10. The standard InChI is InChI=1S/C33H31N3O7/c37-29-8-4-2-6-27(29)32(39)35-22-10-12-23(13-11-22)42-24-14-16-25(17-15-24)43-31-18-9-21(20-34-31)19-30(38)36-28-7-3-1-5-26(28)33(40)41/h1-9,14-18,20,22-23,37H,10-13,19H2,(H,35,39)(H,36,38)(H,40,41). The summed E-state index contributed by atoms with van der Waals surface area (Å²) in [7, 11) is 0. The van der Waals surface area contributed by atoms with Crippen LogP contribution in [0.1, 0.15) is 52.0 Å². The van der Waals surface area contributed by atoms with Crippen molar-refractivity contribution in [3.05, 3.63) is 108 Å². The minimum atomic E-state index is -1.12. The van der Waals surface area contributed by atoms with Gasteiger partial charge in [-0.15, -0.1) is 0 Å². The first-order chi connectivity index (χ1) is 20.8. The van der Waals surface area contributed by atoms with Gasteiger partial charge < -0.3 is 30.3 Å². The van der Waals surface area contributed by atoms with Gasteiger partial charge in [0.05, 0.1) is 29.3 Å². The van der Waals surface area contributed by atoms with Gasteiger partial charge in [0.1, 0.15) is 17.2 Å². The van der Waals surface area contributed by atoms with Gasteiger partial charge in [-0.05, 0) is 79.8 Å². The van der Waals surface area contributed by atoms with Crippen molar-refractivity contribution in [3.8, 4) is 23.1 Å².